The number of nitrogens with zero attached hydrogens (tertiary/aromatic N) is 2. The summed E-state index contributed by atoms with van der Waals surface area (Å²) in [4.78, 5) is 57.5. The monoisotopic (exact) mass is 1020 g/mol. The second-order valence-electron chi connectivity index (χ2n) is 18.4. The minimum atomic E-state index is -1.23. The van der Waals surface area contributed by atoms with Gasteiger partial charge in [-0.2, -0.15) is 17.0 Å². The molecule has 19 heteroatoms. The van der Waals surface area contributed by atoms with Gasteiger partial charge in [-0.1, -0.05) is 67.3 Å². The second kappa shape index (κ2) is 20.6. The fourth-order valence-electron chi connectivity index (χ4n) is 11.4. The third kappa shape index (κ3) is 8.66. The molecule has 1 aliphatic carbocycles. The number of carbonyl (C=O) groups excluding carboxylic acids is 4. The molecule has 11 rings (SSSR count). The number of thioether (sulfide) groups is 2. The maximum absolute atomic E-state index is 14.6. The van der Waals surface area contributed by atoms with E-state index in [0.29, 0.717) is 51.9 Å². The van der Waals surface area contributed by atoms with Crippen LogP contribution in [0.15, 0.2) is 67.3 Å². The van der Waals surface area contributed by atoms with Crippen molar-refractivity contribution in [2.45, 2.75) is 80.7 Å². The summed E-state index contributed by atoms with van der Waals surface area (Å²) < 4.78 is 47.8. The molecule has 72 heavy (non-hydrogen) atoms. The van der Waals surface area contributed by atoms with E-state index in [1.165, 1.54) is 65.9 Å². The van der Waals surface area contributed by atoms with Crippen LogP contribution in [0.25, 0.3) is 11.1 Å². The van der Waals surface area contributed by atoms with E-state index >= 15 is 0 Å². The number of piperazine rings is 1. The fraction of sp³-hybridized carbons (Fsp3) is 0.415. The van der Waals surface area contributed by atoms with Crippen molar-refractivity contribution in [2.75, 3.05) is 58.3 Å². The molecule has 3 N–H and O–H groups in total. The van der Waals surface area contributed by atoms with Crippen LogP contribution in [0.5, 0.6) is 28.7 Å². The number of benzene rings is 4. The Labute approximate surface area is 425 Å². The zero-order valence-electron chi connectivity index (χ0n) is 40.4. The predicted molar refractivity (Wildman–Crippen MR) is 268 cm³/mol. The van der Waals surface area contributed by atoms with E-state index in [1.807, 2.05) is 31.2 Å². The van der Waals surface area contributed by atoms with Gasteiger partial charge in [-0.15, -0.1) is 11.8 Å². The topological polar surface area (TPSA) is 205 Å². The Morgan fingerprint density at radius 3 is 2.44 bits per heavy atom. The number of aryl methyl sites for hydroxylation is 1. The summed E-state index contributed by atoms with van der Waals surface area (Å²) in [7, 11) is 3.12. The predicted octanol–water partition coefficient (Wildman–Crippen LogP) is 6.48. The molecule has 7 aliphatic rings. The molecule has 0 saturated carbocycles. The van der Waals surface area contributed by atoms with Crippen molar-refractivity contribution >= 4 is 47.5 Å². The number of fused-ring (bicyclic) bond motifs is 13. The second-order valence-corrected chi connectivity index (χ2v) is 20.6. The first kappa shape index (κ1) is 49.2. The molecule has 0 spiro atoms. The molecule has 376 valence electrons. The smallest absolute Gasteiger partial charge is 0.408 e. The quantitative estimate of drug-likeness (QED) is 0.0535. The number of nitrogens with one attached hydrogen (secondary N) is 3. The van der Waals surface area contributed by atoms with Gasteiger partial charge in [0.15, 0.2) is 29.8 Å². The van der Waals surface area contributed by atoms with Crippen LogP contribution in [0.1, 0.15) is 74.7 Å². The summed E-state index contributed by atoms with van der Waals surface area (Å²) >= 11 is 2.84. The van der Waals surface area contributed by atoms with Gasteiger partial charge in [0.2, 0.25) is 12.7 Å². The van der Waals surface area contributed by atoms with E-state index in [1.54, 1.807) is 14.0 Å². The Bertz CT molecular complexity index is 2850. The van der Waals surface area contributed by atoms with Crippen molar-refractivity contribution in [3.05, 3.63) is 112 Å². The third-order valence-corrected chi connectivity index (χ3v) is 16.8. The summed E-state index contributed by atoms with van der Waals surface area (Å²) in [6, 6.07) is 15.7. The van der Waals surface area contributed by atoms with Gasteiger partial charge < -0.3 is 53.8 Å². The van der Waals surface area contributed by atoms with Crippen molar-refractivity contribution in [1.82, 2.24) is 20.9 Å². The lowest BCUT2D eigenvalue weighted by Gasteiger charge is -2.59. The molecule has 0 aromatic heterocycles. The van der Waals surface area contributed by atoms with Crippen LogP contribution in [0.4, 0.5) is 4.79 Å². The number of amides is 2. The van der Waals surface area contributed by atoms with Crippen molar-refractivity contribution < 1.29 is 57.1 Å². The first-order valence-corrected chi connectivity index (χ1v) is 26.0. The van der Waals surface area contributed by atoms with Gasteiger partial charge in [0.25, 0.3) is 0 Å². The molecule has 17 nitrogen and oxygen atoms in total. The van der Waals surface area contributed by atoms with E-state index in [-0.39, 0.29) is 56.0 Å². The highest BCUT2D eigenvalue weighted by atomic mass is 32.2. The Morgan fingerprint density at radius 2 is 1.75 bits per heavy atom. The van der Waals surface area contributed by atoms with E-state index in [4.69, 9.17) is 37.9 Å². The number of methoxy groups -OCH3 is 2. The van der Waals surface area contributed by atoms with Crippen molar-refractivity contribution in [3.8, 4) is 45.9 Å². The molecule has 2 unspecified atom stereocenters. The lowest BCUT2D eigenvalue weighted by atomic mass is 9.72. The lowest BCUT2D eigenvalue weighted by molar-refractivity contribution is -0.151. The highest BCUT2D eigenvalue weighted by molar-refractivity contribution is 7.99. The Kier molecular flexibility index (Phi) is 14.1. The van der Waals surface area contributed by atoms with Gasteiger partial charge in [-0.05, 0) is 53.6 Å². The van der Waals surface area contributed by atoms with Crippen LogP contribution in [0.2, 0.25) is 0 Å². The van der Waals surface area contributed by atoms with Gasteiger partial charge >= 0.3 is 18.0 Å². The van der Waals surface area contributed by atoms with E-state index < -0.39 is 65.4 Å². The van der Waals surface area contributed by atoms with Gasteiger partial charge in [-0.3, -0.25) is 14.5 Å². The normalized spacial score (nSPS) is 23.6. The lowest BCUT2D eigenvalue weighted by Crippen LogP contribution is -2.69. The number of esters is 2. The molecule has 4 aromatic carbocycles. The number of hydrogen-bond acceptors (Lipinski definition) is 17. The molecular formula is C53H55N5O12S2. The molecule has 8 atom stereocenters. The van der Waals surface area contributed by atoms with Gasteiger partial charge in [0.05, 0.1) is 30.5 Å². The van der Waals surface area contributed by atoms with Gasteiger partial charge in [0.1, 0.15) is 37.1 Å². The zero-order valence-corrected chi connectivity index (χ0v) is 42.1. The van der Waals surface area contributed by atoms with Crippen molar-refractivity contribution in [1.29, 1.82) is 5.26 Å². The van der Waals surface area contributed by atoms with Crippen molar-refractivity contribution in [2.24, 2.45) is 0 Å². The Hall–Kier alpha value is -6.43. The minimum absolute atomic E-state index is 0.0441. The van der Waals surface area contributed by atoms with Crippen LogP contribution < -0.4 is 39.6 Å². The maximum atomic E-state index is 14.6. The summed E-state index contributed by atoms with van der Waals surface area (Å²) in [6.45, 7) is 8.17. The molecule has 2 fully saturated rings. The summed E-state index contributed by atoms with van der Waals surface area (Å²) in [5.74, 6) is 0.957. The molecule has 2 saturated heterocycles. The SMILES string of the molecule is C=CCOC(=O)NC(CSCC1c2ccccc2-c2ccccc21)C(=O)N[C@H]1CS[C@@H]2c3c(OC(C)=O)c(C)c4c(c3[C@H](COC1=O)N1C2[C@H]2N[C@@H](Cc3cc(C)c(OC)c(OCOC)c32)[C@@H]1C#N)OCO4. The Balaban J connectivity index is 1.02. The van der Waals surface area contributed by atoms with Crippen LogP contribution in [0, 0.1) is 25.2 Å². The molecule has 4 bridgehead atoms. The molecule has 4 aromatic rings. The summed E-state index contributed by atoms with van der Waals surface area (Å²) in [5.41, 5.74) is 9.07. The fourth-order valence-corrected chi connectivity index (χ4v) is 14.1. The van der Waals surface area contributed by atoms with Crippen LogP contribution in [-0.4, -0.2) is 117 Å². The molecule has 6 aliphatic heterocycles. The summed E-state index contributed by atoms with van der Waals surface area (Å²) in [6.07, 6.45) is 1.07. The maximum Gasteiger partial charge on any atom is 0.408 e. The van der Waals surface area contributed by atoms with Gasteiger partial charge in [0, 0.05) is 71.5 Å². The highest BCUT2D eigenvalue weighted by Gasteiger charge is 2.59. The van der Waals surface area contributed by atoms with E-state index in [2.05, 4.69) is 63.8 Å². The average Bonchev–Trinajstić information content (AvgIpc) is 4.00. The van der Waals surface area contributed by atoms with Crippen LogP contribution >= 0.6 is 23.5 Å². The molecular weight excluding hydrogens is 963 g/mol. The zero-order chi connectivity index (χ0) is 50.4. The number of carbonyl (C=O) groups is 4. The largest absolute Gasteiger partial charge is 0.493 e. The summed E-state index contributed by atoms with van der Waals surface area (Å²) in [5, 5.41) is 20.0. The molecule has 0 radical (unpaired) electrons. The minimum Gasteiger partial charge on any atom is -0.493 e. The Morgan fingerprint density at radius 1 is 1.01 bits per heavy atom. The molecule has 6 heterocycles. The number of alkyl carbamates (subject to hydrolysis) is 1. The third-order valence-electron chi connectivity index (χ3n) is 14.2. The number of rotatable bonds is 14. The van der Waals surface area contributed by atoms with Gasteiger partial charge in [-0.25, -0.2) is 9.59 Å². The number of hydrogen-bond donors (Lipinski definition) is 3. The highest BCUT2D eigenvalue weighted by Crippen LogP contribution is 2.63. The van der Waals surface area contributed by atoms with E-state index in [0.717, 1.165) is 16.7 Å². The van der Waals surface area contributed by atoms with Crippen LogP contribution in [0.3, 0.4) is 0 Å². The number of nitriles is 1. The average molecular weight is 1020 g/mol. The molecule has 2 amide bonds. The standard InChI is InChI=1S/C53H55N5O12S2/c1-7-16-65-53(62)57-36(22-71-21-34-32-14-10-8-12-30(32)31-13-9-11-15-33(31)34)51(60)56-37-23-72-50-42-41(49-47(68-25-69-49)27(3)46(42)70-28(4)59)39(20-66-52(37)61)58-38(19-54)35-18-29-17-26(2)45(64-6)48(67-24-63-5)40(29)43(55-35)44(50)58/h7-15,17,34-39,43-44,50,55H,1,16,18,20-25H2,2-6H3,(H,56,60)(H,57,62)/t35-,36?,37-,38-,39-,43-,44?,50+/m0/s1. The first-order valence-electron chi connectivity index (χ1n) is 23.8. The first-order chi connectivity index (χ1) is 35.0. The van der Waals surface area contributed by atoms with Crippen molar-refractivity contribution in [3.63, 3.8) is 0 Å². The number of ether oxygens (including phenoxy) is 8. The van der Waals surface area contributed by atoms with Crippen LogP contribution in [-0.2, 0) is 35.0 Å². The van der Waals surface area contributed by atoms with E-state index in [9.17, 15) is 24.4 Å².